The number of aromatic nitrogens is 4. The zero-order valence-corrected chi connectivity index (χ0v) is 15.3. The molecule has 8 nitrogen and oxygen atoms in total. The summed E-state index contributed by atoms with van der Waals surface area (Å²) >= 11 is 5.85. The van der Waals surface area contributed by atoms with Crippen molar-refractivity contribution >= 4 is 23.5 Å². The second-order valence-corrected chi connectivity index (χ2v) is 6.22. The van der Waals surface area contributed by atoms with Gasteiger partial charge in [-0.25, -0.2) is 9.97 Å². The van der Waals surface area contributed by atoms with Crippen LogP contribution in [0.25, 0.3) is 0 Å². The van der Waals surface area contributed by atoms with Crippen LogP contribution in [0.2, 0.25) is 5.02 Å². The molecule has 0 aromatic carbocycles. The van der Waals surface area contributed by atoms with E-state index in [0.717, 1.165) is 25.9 Å². The number of rotatable bonds is 5. The fourth-order valence-corrected chi connectivity index (χ4v) is 2.94. The summed E-state index contributed by atoms with van der Waals surface area (Å²) in [5.41, 5.74) is 0. The first-order valence-electron chi connectivity index (χ1n) is 8.03. The number of anilines is 2. The Kier molecular flexibility index (Phi) is 5.37. The normalized spacial score (nSPS) is 15.1. The Morgan fingerprint density at radius 2 is 1.64 bits per heavy atom. The Balaban J connectivity index is 1.66. The summed E-state index contributed by atoms with van der Waals surface area (Å²) in [7, 11) is 5.17. The fraction of sp³-hybridized carbons (Fsp3) is 0.500. The molecule has 134 valence electrons. The Hall–Kier alpha value is -2.35. The molecule has 2 aromatic heterocycles. The third-order valence-electron chi connectivity index (χ3n) is 4.30. The van der Waals surface area contributed by atoms with Crippen molar-refractivity contribution in [3.8, 4) is 11.8 Å². The van der Waals surface area contributed by atoms with Gasteiger partial charge in [0.15, 0.2) is 0 Å². The van der Waals surface area contributed by atoms with Crippen LogP contribution in [0, 0.1) is 0 Å². The molecule has 0 radical (unpaired) electrons. The number of halogens is 1. The molecular weight excluding hydrogens is 344 g/mol. The van der Waals surface area contributed by atoms with Gasteiger partial charge < -0.3 is 19.3 Å². The van der Waals surface area contributed by atoms with E-state index in [0.29, 0.717) is 34.7 Å². The van der Waals surface area contributed by atoms with E-state index in [2.05, 4.69) is 29.7 Å². The van der Waals surface area contributed by atoms with Gasteiger partial charge in [0.2, 0.25) is 23.7 Å². The summed E-state index contributed by atoms with van der Waals surface area (Å²) < 4.78 is 10.4. The Morgan fingerprint density at radius 1 is 1.08 bits per heavy atom. The van der Waals surface area contributed by atoms with Gasteiger partial charge in [-0.2, -0.15) is 9.97 Å². The summed E-state index contributed by atoms with van der Waals surface area (Å²) in [6, 6.07) is 2.02. The summed E-state index contributed by atoms with van der Waals surface area (Å²) in [5, 5.41) is 0.538. The van der Waals surface area contributed by atoms with Crippen LogP contribution in [0.4, 0.5) is 11.9 Å². The molecule has 3 heterocycles. The van der Waals surface area contributed by atoms with Gasteiger partial charge in [-0.1, -0.05) is 11.6 Å². The lowest BCUT2D eigenvalue weighted by Crippen LogP contribution is -2.44. The van der Waals surface area contributed by atoms with E-state index in [-0.39, 0.29) is 0 Å². The summed E-state index contributed by atoms with van der Waals surface area (Å²) in [4.78, 5) is 21.7. The predicted molar refractivity (Wildman–Crippen MR) is 95.8 cm³/mol. The van der Waals surface area contributed by atoms with Gasteiger partial charge in [-0.15, -0.1) is 0 Å². The number of methoxy groups -OCH3 is 2. The van der Waals surface area contributed by atoms with E-state index in [1.54, 1.807) is 32.7 Å². The maximum atomic E-state index is 5.85. The monoisotopic (exact) mass is 364 g/mol. The molecule has 0 N–H and O–H groups in total. The van der Waals surface area contributed by atoms with Crippen molar-refractivity contribution in [2.24, 2.45) is 0 Å². The lowest BCUT2D eigenvalue weighted by Gasteiger charge is -2.36. The first-order chi connectivity index (χ1) is 12.1. The van der Waals surface area contributed by atoms with Crippen LogP contribution in [-0.4, -0.2) is 60.3 Å². The molecule has 0 aliphatic carbocycles. The van der Waals surface area contributed by atoms with Crippen LogP contribution in [-0.2, 0) is 0 Å². The minimum Gasteiger partial charge on any atom is -0.481 e. The smallest absolute Gasteiger partial charge is 0.231 e. The van der Waals surface area contributed by atoms with Crippen molar-refractivity contribution in [1.29, 1.82) is 0 Å². The van der Waals surface area contributed by atoms with Gasteiger partial charge in [0.05, 0.1) is 37.7 Å². The first-order valence-corrected chi connectivity index (χ1v) is 8.41. The molecule has 0 atom stereocenters. The highest BCUT2D eigenvalue weighted by atomic mass is 35.5. The Labute approximate surface area is 151 Å². The number of hydrogen-bond donors (Lipinski definition) is 0. The van der Waals surface area contributed by atoms with Crippen molar-refractivity contribution in [3.63, 3.8) is 0 Å². The molecule has 25 heavy (non-hydrogen) atoms. The van der Waals surface area contributed by atoms with E-state index < -0.39 is 0 Å². The van der Waals surface area contributed by atoms with Crippen molar-refractivity contribution < 1.29 is 9.47 Å². The first kappa shape index (κ1) is 17.5. The lowest BCUT2D eigenvalue weighted by molar-refractivity contribution is 0.370. The largest absolute Gasteiger partial charge is 0.481 e. The summed E-state index contributed by atoms with van der Waals surface area (Å²) in [6.07, 6.45) is 5.13. The van der Waals surface area contributed by atoms with E-state index in [9.17, 15) is 0 Å². The highest BCUT2D eigenvalue weighted by Crippen LogP contribution is 2.25. The van der Waals surface area contributed by atoms with Crippen LogP contribution in [0.1, 0.15) is 12.8 Å². The third kappa shape index (κ3) is 4.01. The van der Waals surface area contributed by atoms with Crippen LogP contribution in [0.15, 0.2) is 18.5 Å². The standard InChI is InChI=1S/C16H21ClN6O2/c1-22(15-18-9-11(17)10-19-15)12-4-6-23(7-5-12)16-20-13(24-2)8-14(21-16)25-3/h8-10,12H,4-7H2,1-3H3. The molecule has 9 heteroatoms. The SMILES string of the molecule is COc1cc(OC)nc(N2CCC(N(C)c3ncc(Cl)cn3)CC2)n1. The average molecular weight is 365 g/mol. The molecule has 0 amide bonds. The highest BCUT2D eigenvalue weighted by Gasteiger charge is 2.25. The van der Waals surface area contributed by atoms with Crippen molar-refractivity contribution in [1.82, 2.24) is 19.9 Å². The molecular formula is C16H21ClN6O2. The van der Waals surface area contributed by atoms with Gasteiger partial charge in [-0.05, 0) is 12.8 Å². The zero-order valence-electron chi connectivity index (χ0n) is 14.5. The minimum absolute atomic E-state index is 0.352. The Morgan fingerprint density at radius 3 is 2.16 bits per heavy atom. The van der Waals surface area contributed by atoms with Gasteiger partial charge in [0.1, 0.15) is 0 Å². The number of ether oxygens (including phenoxy) is 2. The molecule has 0 saturated carbocycles. The van der Waals surface area contributed by atoms with E-state index >= 15 is 0 Å². The quantitative estimate of drug-likeness (QED) is 0.797. The zero-order chi connectivity index (χ0) is 17.8. The third-order valence-corrected chi connectivity index (χ3v) is 4.50. The molecule has 1 fully saturated rings. The highest BCUT2D eigenvalue weighted by molar-refractivity contribution is 6.30. The predicted octanol–water partition coefficient (Wildman–Crippen LogP) is 2.04. The molecule has 1 saturated heterocycles. The summed E-state index contributed by atoms with van der Waals surface area (Å²) in [5.74, 6) is 2.30. The van der Waals surface area contributed by atoms with Crippen molar-refractivity contribution in [3.05, 3.63) is 23.5 Å². The topological polar surface area (TPSA) is 76.5 Å². The van der Waals surface area contributed by atoms with Gasteiger partial charge in [0, 0.05) is 26.2 Å². The van der Waals surface area contributed by atoms with E-state index in [4.69, 9.17) is 21.1 Å². The number of nitrogens with zero attached hydrogens (tertiary/aromatic N) is 6. The van der Waals surface area contributed by atoms with Crippen molar-refractivity contribution in [2.45, 2.75) is 18.9 Å². The van der Waals surface area contributed by atoms with Gasteiger partial charge in [-0.3, -0.25) is 0 Å². The summed E-state index contributed by atoms with van der Waals surface area (Å²) in [6.45, 7) is 1.66. The Bertz CT molecular complexity index is 684. The maximum Gasteiger partial charge on any atom is 0.231 e. The van der Waals surface area contributed by atoms with Crippen molar-refractivity contribution in [2.75, 3.05) is 44.2 Å². The fourth-order valence-electron chi connectivity index (χ4n) is 2.85. The number of piperidine rings is 1. The second kappa shape index (κ2) is 7.69. The van der Waals surface area contributed by atoms with E-state index in [1.807, 2.05) is 7.05 Å². The maximum absolute atomic E-state index is 5.85. The lowest BCUT2D eigenvalue weighted by atomic mass is 10.0. The molecule has 1 aliphatic rings. The molecule has 1 aliphatic heterocycles. The number of hydrogen-bond acceptors (Lipinski definition) is 8. The van der Waals surface area contributed by atoms with Gasteiger partial charge >= 0.3 is 0 Å². The molecule has 0 spiro atoms. The van der Waals surface area contributed by atoms with E-state index in [1.165, 1.54) is 0 Å². The minimum atomic E-state index is 0.352. The van der Waals surface area contributed by atoms with Crippen LogP contribution >= 0.6 is 11.6 Å². The van der Waals surface area contributed by atoms with Crippen LogP contribution in [0.5, 0.6) is 11.8 Å². The molecule has 2 aromatic rings. The molecule has 0 unspecified atom stereocenters. The van der Waals surface area contributed by atoms with Gasteiger partial charge in [0.25, 0.3) is 0 Å². The second-order valence-electron chi connectivity index (χ2n) is 5.78. The van der Waals surface area contributed by atoms with Crippen LogP contribution in [0.3, 0.4) is 0 Å². The molecule has 0 bridgehead atoms. The molecule has 3 rings (SSSR count). The van der Waals surface area contributed by atoms with Crippen LogP contribution < -0.4 is 19.3 Å². The average Bonchev–Trinajstić information content (AvgIpc) is 2.67.